The maximum Gasteiger partial charge on any atom is 0.0680 e. The summed E-state index contributed by atoms with van der Waals surface area (Å²) in [5.74, 6) is 0. The molecule has 18 heavy (non-hydrogen) atoms. The SMILES string of the molecule is C/C(CN(C/C(C)=N\O)Cc1ccccc1)=N/O. The molecule has 0 aliphatic carbocycles. The smallest absolute Gasteiger partial charge is 0.0680 e. The molecule has 1 rings (SSSR count). The van der Waals surface area contributed by atoms with Crippen molar-refractivity contribution in [2.24, 2.45) is 10.3 Å². The van der Waals surface area contributed by atoms with Gasteiger partial charge < -0.3 is 10.4 Å². The second-order valence-electron chi connectivity index (χ2n) is 4.30. The molecule has 0 aliphatic heterocycles. The summed E-state index contributed by atoms with van der Waals surface area (Å²) >= 11 is 0. The summed E-state index contributed by atoms with van der Waals surface area (Å²) in [6, 6.07) is 9.99. The van der Waals surface area contributed by atoms with Crippen molar-refractivity contribution >= 4 is 11.4 Å². The van der Waals surface area contributed by atoms with Crippen LogP contribution < -0.4 is 0 Å². The fraction of sp³-hybridized carbons (Fsp3) is 0.385. The maximum absolute atomic E-state index is 8.72. The molecule has 0 bridgehead atoms. The summed E-state index contributed by atoms with van der Waals surface area (Å²) in [4.78, 5) is 2.04. The molecular formula is C13H19N3O2. The predicted molar refractivity (Wildman–Crippen MR) is 71.5 cm³/mol. The zero-order valence-corrected chi connectivity index (χ0v) is 10.7. The largest absolute Gasteiger partial charge is 0.411 e. The lowest BCUT2D eigenvalue weighted by Gasteiger charge is -2.21. The lowest BCUT2D eigenvalue weighted by molar-refractivity contribution is 0.295. The molecule has 2 N–H and O–H groups in total. The summed E-state index contributed by atoms with van der Waals surface area (Å²) in [7, 11) is 0. The van der Waals surface area contributed by atoms with E-state index in [0.29, 0.717) is 31.1 Å². The Hall–Kier alpha value is -1.88. The summed E-state index contributed by atoms with van der Waals surface area (Å²) < 4.78 is 0. The van der Waals surface area contributed by atoms with Crippen LogP contribution in [0.1, 0.15) is 19.4 Å². The van der Waals surface area contributed by atoms with Gasteiger partial charge in [0.2, 0.25) is 0 Å². The Morgan fingerprint density at radius 3 is 1.94 bits per heavy atom. The highest BCUT2D eigenvalue weighted by Gasteiger charge is 2.09. The van der Waals surface area contributed by atoms with Gasteiger partial charge in [0.05, 0.1) is 11.4 Å². The average Bonchev–Trinajstić information content (AvgIpc) is 2.39. The number of hydrogen-bond donors (Lipinski definition) is 2. The lowest BCUT2D eigenvalue weighted by atomic mass is 10.2. The molecular weight excluding hydrogens is 230 g/mol. The van der Waals surface area contributed by atoms with Crippen molar-refractivity contribution in [3.05, 3.63) is 35.9 Å². The number of nitrogens with zero attached hydrogens (tertiary/aromatic N) is 3. The van der Waals surface area contributed by atoms with Gasteiger partial charge >= 0.3 is 0 Å². The molecule has 0 fully saturated rings. The quantitative estimate of drug-likeness (QED) is 0.461. The van der Waals surface area contributed by atoms with Gasteiger partial charge in [0, 0.05) is 19.6 Å². The van der Waals surface area contributed by atoms with Gasteiger partial charge in [-0.25, -0.2) is 0 Å². The van der Waals surface area contributed by atoms with Crippen LogP contribution in [0.4, 0.5) is 0 Å². The molecule has 98 valence electrons. The van der Waals surface area contributed by atoms with E-state index in [-0.39, 0.29) is 0 Å². The molecule has 5 nitrogen and oxygen atoms in total. The highest BCUT2D eigenvalue weighted by atomic mass is 16.4. The first-order chi connectivity index (χ1) is 8.65. The van der Waals surface area contributed by atoms with Crippen LogP contribution in [0.2, 0.25) is 0 Å². The molecule has 5 heteroatoms. The zero-order valence-electron chi connectivity index (χ0n) is 10.7. The van der Waals surface area contributed by atoms with Crippen LogP contribution in [0.5, 0.6) is 0 Å². The number of benzene rings is 1. The maximum atomic E-state index is 8.72. The molecule has 1 aromatic carbocycles. The van der Waals surface area contributed by atoms with Crippen molar-refractivity contribution < 1.29 is 10.4 Å². The Kier molecular flexibility index (Phi) is 5.87. The Balaban J connectivity index is 2.71. The van der Waals surface area contributed by atoms with Gasteiger partial charge in [-0.2, -0.15) is 0 Å². The van der Waals surface area contributed by atoms with E-state index in [4.69, 9.17) is 10.4 Å². The molecule has 0 saturated carbocycles. The van der Waals surface area contributed by atoms with Gasteiger partial charge in [0.25, 0.3) is 0 Å². The second kappa shape index (κ2) is 7.45. The van der Waals surface area contributed by atoms with E-state index >= 15 is 0 Å². The first-order valence-corrected chi connectivity index (χ1v) is 5.77. The molecule has 0 heterocycles. The van der Waals surface area contributed by atoms with Gasteiger partial charge in [0.1, 0.15) is 0 Å². The standard InChI is InChI=1S/C13H19N3O2/c1-11(14-17)8-16(9-12(2)15-18)10-13-6-4-3-5-7-13/h3-7,17-18H,8-10H2,1-2H3/b14-11-,15-12-. The molecule has 0 saturated heterocycles. The van der Waals surface area contributed by atoms with Gasteiger partial charge in [-0.3, -0.25) is 4.90 Å². The van der Waals surface area contributed by atoms with E-state index in [1.54, 1.807) is 13.8 Å². The van der Waals surface area contributed by atoms with Crippen LogP contribution in [-0.4, -0.2) is 39.8 Å². The second-order valence-corrected chi connectivity index (χ2v) is 4.30. The van der Waals surface area contributed by atoms with Gasteiger partial charge in [0.15, 0.2) is 0 Å². The Bertz CT molecular complexity index is 396. The van der Waals surface area contributed by atoms with E-state index in [9.17, 15) is 0 Å². The topological polar surface area (TPSA) is 68.4 Å². The van der Waals surface area contributed by atoms with Crippen LogP contribution in [0.25, 0.3) is 0 Å². The third-order valence-corrected chi connectivity index (χ3v) is 2.50. The van der Waals surface area contributed by atoms with E-state index in [2.05, 4.69) is 10.3 Å². The minimum Gasteiger partial charge on any atom is -0.411 e. The molecule has 0 unspecified atom stereocenters. The van der Waals surface area contributed by atoms with Crippen LogP contribution >= 0.6 is 0 Å². The third-order valence-electron chi connectivity index (χ3n) is 2.50. The minimum atomic E-state index is 0.526. The van der Waals surface area contributed by atoms with Crippen molar-refractivity contribution in [3.63, 3.8) is 0 Å². The van der Waals surface area contributed by atoms with Crippen molar-refractivity contribution in [3.8, 4) is 0 Å². The minimum absolute atomic E-state index is 0.526. The fourth-order valence-electron chi connectivity index (χ4n) is 1.72. The van der Waals surface area contributed by atoms with Crippen molar-refractivity contribution in [1.82, 2.24) is 4.90 Å². The highest BCUT2D eigenvalue weighted by molar-refractivity contribution is 5.86. The van der Waals surface area contributed by atoms with E-state index in [1.807, 2.05) is 35.2 Å². The highest BCUT2D eigenvalue weighted by Crippen LogP contribution is 2.05. The van der Waals surface area contributed by atoms with Crippen LogP contribution in [-0.2, 0) is 6.54 Å². The molecule has 0 aromatic heterocycles. The Labute approximate surface area is 107 Å². The number of rotatable bonds is 6. The van der Waals surface area contributed by atoms with Crippen LogP contribution in [0.3, 0.4) is 0 Å². The Morgan fingerprint density at radius 2 is 1.50 bits per heavy atom. The van der Waals surface area contributed by atoms with E-state index in [0.717, 1.165) is 5.56 Å². The summed E-state index contributed by atoms with van der Waals surface area (Å²) in [6.45, 7) is 5.27. The monoisotopic (exact) mass is 249 g/mol. The first kappa shape index (κ1) is 14.2. The first-order valence-electron chi connectivity index (χ1n) is 5.77. The normalized spacial score (nSPS) is 13.1. The molecule has 0 amide bonds. The van der Waals surface area contributed by atoms with E-state index < -0.39 is 0 Å². The molecule has 0 radical (unpaired) electrons. The van der Waals surface area contributed by atoms with Crippen molar-refractivity contribution in [1.29, 1.82) is 0 Å². The Morgan fingerprint density at radius 1 is 1.00 bits per heavy atom. The van der Waals surface area contributed by atoms with Gasteiger partial charge in [-0.1, -0.05) is 40.6 Å². The summed E-state index contributed by atoms with van der Waals surface area (Å²) in [5, 5.41) is 23.8. The molecule has 1 aromatic rings. The fourth-order valence-corrected chi connectivity index (χ4v) is 1.72. The summed E-state index contributed by atoms with van der Waals surface area (Å²) in [5.41, 5.74) is 2.40. The zero-order chi connectivity index (χ0) is 13.4. The molecule has 0 aliphatic rings. The van der Waals surface area contributed by atoms with Gasteiger partial charge in [-0.15, -0.1) is 0 Å². The van der Waals surface area contributed by atoms with Crippen molar-refractivity contribution in [2.75, 3.05) is 13.1 Å². The third kappa shape index (κ3) is 4.97. The van der Waals surface area contributed by atoms with Crippen molar-refractivity contribution in [2.45, 2.75) is 20.4 Å². The summed E-state index contributed by atoms with van der Waals surface area (Å²) in [6.07, 6.45) is 0. The molecule has 0 spiro atoms. The lowest BCUT2D eigenvalue weighted by Crippen LogP contribution is -2.32. The van der Waals surface area contributed by atoms with Gasteiger partial charge in [-0.05, 0) is 19.4 Å². The predicted octanol–water partition coefficient (Wildman–Crippen LogP) is 2.19. The van der Waals surface area contributed by atoms with Crippen LogP contribution in [0, 0.1) is 0 Å². The van der Waals surface area contributed by atoms with E-state index in [1.165, 1.54) is 0 Å². The number of hydrogen-bond acceptors (Lipinski definition) is 5. The van der Waals surface area contributed by atoms with Crippen LogP contribution in [0.15, 0.2) is 40.6 Å². The average molecular weight is 249 g/mol. The molecule has 0 atom stereocenters. The number of oxime groups is 2.